The van der Waals surface area contributed by atoms with Crippen LogP contribution >= 0.6 is 11.3 Å². The summed E-state index contributed by atoms with van der Waals surface area (Å²) in [4.78, 5) is 19.4. The Bertz CT molecular complexity index is 961. The lowest BCUT2D eigenvalue weighted by molar-refractivity contribution is 0.102. The van der Waals surface area contributed by atoms with E-state index in [4.69, 9.17) is 4.74 Å². The molecule has 2 heterocycles. The van der Waals surface area contributed by atoms with E-state index < -0.39 is 0 Å². The van der Waals surface area contributed by atoms with E-state index in [9.17, 15) is 4.79 Å². The first-order valence-electron chi connectivity index (χ1n) is 8.72. The first-order valence-corrected chi connectivity index (χ1v) is 9.54. The van der Waals surface area contributed by atoms with Crippen molar-refractivity contribution in [1.82, 2.24) is 4.98 Å². The average Bonchev–Trinajstić information content (AvgIpc) is 3.06. The molecule has 1 aromatic heterocycles. The topological polar surface area (TPSA) is 54.5 Å². The van der Waals surface area contributed by atoms with Gasteiger partial charge in [0.05, 0.1) is 23.4 Å². The van der Waals surface area contributed by atoms with Crippen LogP contribution in [0.5, 0.6) is 0 Å². The van der Waals surface area contributed by atoms with Gasteiger partial charge in [-0.15, -0.1) is 0 Å². The number of benzene rings is 2. The number of hydrogen-bond acceptors (Lipinski definition) is 5. The summed E-state index contributed by atoms with van der Waals surface area (Å²) < 4.78 is 6.49. The van der Waals surface area contributed by atoms with Crippen LogP contribution in [0.2, 0.25) is 0 Å². The molecule has 0 atom stereocenters. The predicted molar refractivity (Wildman–Crippen MR) is 107 cm³/mol. The molecule has 1 amide bonds. The van der Waals surface area contributed by atoms with E-state index in [0.717, 1.165) is 42.1 Å². The number of amides is 1. The summed E-state index contributed by atoms with van der Waals surface area (Å²) in [6, 6.07) is 12.0. The van der Waals surface area contributed by atoms with Crippen molar-refractivity contribution in [3.8, 4) is 0 Å². The number of nitrogens with one attached hydrogen (secondary N) is 1. The molecule has 1 saturated heterocycles. The van der Waals surface area contributed by atoms with Gasteiger partial charge in [0.1, 0.15) is 0 Å². The molecule has 1 fully saturated rings. The second-order valence-electron chi connectivity index (χ2n) is 6.52. The molecule has 0 aliphatic carbocycles. The number of anilines is 2. The van der Waals surface area contributed by atoms with Gasteiger partial charge in [-0.2, -0.15) is 0 Å². The maximum Gasteiger partial charge on any atom is 0.257 e. The Labute approximate surface area is 156 Å². The van der Waals surface area contributed by atoms with Crippen molar-refractivity contribution in [2.24, 2.45) is 0 Å². The number of rotatable bonds is 3. The first kappa shape index (κ1) is 17.0. The van der Waals surface area contributed by atoms with E-state index in [1.165, 1.54) is 22.6 Å². The molecule has 0 radical (unpaired) electrons. The molecule has 1 aliphatic rings. The monoisotopic (exact) mass is 367 g/mol. The minimum absolute atomic E-state index is 0.124. The Morgan fingerprint density at radius 1 is 1.12 bits per heavy atom. The van der Waals surface area contributed by atoms with Gasteiger partial charge in [0.25, 0.3) is 5.91 Å². The molecule has 4 rings (SSSR count). The number of carbonyl (C=O) groups is 1. The third kappa shape index (κ3) is 3.43. The molecule has 1 N–H and O–H groups in total. The van der Waals surface area contributed by atoms with Crippen molar-refractivity contribution < 1.29 is 9.53 Å². The molecule has 134 valence electrons. The van der Waals surface area contributed by atoms with Gasteiger partial charge in [-0.1, -0.05) is 17.4 Å². The molecule has 26 heavy (non-hydrogen) atoms. The van der Waals surface area contributed by atoms with E-state index in [1.807, 2.05) is 38.1 Å². The highest BCUT2D eigenvalue weighted by atomic mass is 32.1. The summed E-state index contributed by atoms with van der Waals surface area (Å²) in [6.07, 6.45) is 0. The Kier molecular flexibility index (Phi) is 4.61. The molecule has 5 nitrogen and oxygen atoms in total. The van der Waals surface area contributed by atoms with Crippen molar-refractivity contribution >= 4 is 38.3 Å². The highest BCUT2D eigenvalue weighted by Gasteiger charge is 2.14. The van der Waals surface area contributed by atoms with Crippen LogP contribution in [0.25, 0.3) is 10.2 Å². The van der Waals surface area contributed by atoms with Crippen molar-refractivity contribution in [1.29, 1.82) is 0 Å². The fourth-order valence-electron chi connectivity index (χ4n) is 3.04. The van der Waals surface area contributed by atoms with E-state index in [1.54, 1.807) is 0 Å². The van der Waals surface area contributed by atoms with Gasteiger partial charge < -0.3 is 9.64 Å². The van der Waals surface area contributed by atoms with Crippen LogP contribution in [0.3, 0.4) is 0 Å². The van der Waals surface area contributed by atoms with Gasteiger partial charge in [0, 0.05) is 24.3 Å². The van der Waals surface area contributed by atoms with E-state index in [0.29, 0.717) is 10.7 Å². The van der Waals surface area contributed by atoms with Crippen molar-refractivity contribution in [2.45, 2.75) is 13.8 Å². The quantitative estimate of drug-likeness (QED) is 0.760. The number of fused-ring (bicyclic) bond motifs is 1. The van der Waals surface area contributed by atoms with Gasteiger partial charge in [0.2, 0.25) is 0 Å². The van der Waals surface area contributed by atoms with Crippen LogP contribution in [0.4, 0.5) is 10.8 Å². The third-order valence-corrected chi connectivity index (χ3v) is 5.67. The number of ether oxygens (including phenoxy) is 1. The van der Waals surface area contributed by atoms with Crippen LogP contribution in [0.1, 0.15) is 21.5 Å². The maximum atomic E-state index is 12.5. The molecule has 0 unspecified atom stereocenters. The smallest absolute Gasteiger partial charge is 0.257 e. The van der Waals surface area contributed by atoms with Crippen molar-refractivity contribution in [2.75, 3.05) is 36.5 Å². The minimum atomic E-state index is -0.124. The normalized spacial score (nSPS) is 14.6. The zero-order valence-electron chi connectivity index (χ0n) is 14.9. The third-order valence-electron chi connectivity index (χ3n) is 4.74. The summed E-state index contributed by atoms with van der Waals surface area (Å²) in [5.74, 6) is -0.124. The van der Waals surface area contributed by atoms with Gasteiger partial charge in [-0.05, 0) is 55.3 Å². The largest absolute Gasteiger partial charge is 0.378 e. The fourth-order valence-corrected chi connectivity index (χ4v) is 3.93. The first-order chi connectivity index (χ1) is 12.6. The number of thiazole rings is 1. The molecule has 6 heteroatoms. The van der Waals surface area contributed by atoms with Crippen LogP contribution in [-0.2, 0) is 4.74 Å². The lowest BCUT2D eigenvalue weighted by atomic mass is 10.1. The zero-order chi connectivity index (χ0) is 18.1. The van der Waals surface area contributed by atoms with E-state index >= 15 is 0 Å². The zero-order valence-corrected chi connectivity index (χ0v) is 15.7. The highest BCUT2D eigenvalue weighted by molar-refractivity contribution is 7.22. The summed E-state index contributed by atoms with van der Waals surface area (Å²) >= 11 is 1.50. The van der Waals surface area contributed by atoms with Crippen LogP contribution < -0.4 is 10.2 Å². The Balaban J connectivity index is 1.55. The van der Waals surface area contributed by atoms with Crippen LogP contribution in [0.15, 0.2) is 36.4 Å². The van der Waals surface area contributed by atoms with E-state index in [-0.39, 0.29) is 5.91 Å². The van der Waals surface area contributed by atoms with Gasteiger partial charge in [-0.25, -0.2) is 4.98 Å². The minimum Gasteiger partial charge on any atom is -0.378 e. The number of aromatic nitrogens is 1. The van der Waals surface area contributed by atoms with Crippen LogP contribution in [-0.4, -0.2) is 37.2 Å². The highest BCUT2D eigenvalue weighted by Crippen LogP contribution is 2.30. The molecular weight excluding hydrogens is 346 g/mol. The number of aryl methyl sites for hydroxylation is 2. The lowest BCUT2D eigenvalue weighted by Gasteiger charge is -2.28. The molecular formula is C20H21N3O2S. The summed E-state index contributed by atoms with van der Waals surface area (Å²) in [5.41, 5.74) is 5.02. The number of morpholine rings is 1. The maximum absolute atomic E-state index is 12.5. The van der Waals surface area contributed by atoms with Gasteiger partial charge in [-0.3, -0.25) is 10.1 Å². The fraction of sp³-hybridized carbons (Fsp3) is 0.300. The molecule has 1 aliphatic heterocycles. The second kappa shape index (κ2) is 7.05. The standard InChI is InChI=1S/C20H21N3O2S/c1-13-3-4-15(11-14(13)2)19(24)22-20-21-17-6-5-16(12-18(17)26-20)23-7-9-25-10-8-23/h3-6,11-12H,7-10H2,1-2H3,(H,21,22,24). The second-order valence-corrected chi connectivity index (χ2v) is 7.55. The van der Waals surface area contributed by atoms with Gasteiger partial charge >= 0.3 is 0 Å². The van der Waals surface area contributed by atoms with Crippen molar-refractivity contribution in [3.63, 3.8) is 0 Å². The Hall–Kier alpha value is -2.44. The molecule has 3 aromatic rings. The molecule has 2 aromatic carbocycles. The van der Waals surface area contributed by atoms with Crippen LogP contribution in [0, 0.1) is 13.8 Å². The average molecular weight is 367 g/mol. The summed E-state index contributed by atoms with van der Waals surface area (Å²) in [6.45, 7) is 7.38. The molecule has 0 saturated carbocycles. The van der Waals surface area contributed by atoms with Gasteiger partial charge in [0.15, 0.2) is 5.13 Å². The lowest BCUT2D eigenvalue weighted by Crippen LogP contribution is -2.36. The number of hydrogen-bond donors (Lipinski definition) is 1. The number of carbonyl (C=O) groups excluding carboxylic acids is 1. The Morgan fingerprint density at radius 3 is 2.69 bits per heavy atom. The SMILES string of the molecule is Cc1ccc(C(=O)Nc2nc3ccc(N4CCOCC4)cc3s2)cc1C. The summed E-state index contributed by atoms with van der Waals surface area (Å²) in [7, 11) is 0. The number of nitrogens with zero attached hydrogens (tertiary/aromatic N) is 2. The molecule has 0 bridgehead atoms. The summed E-state index contributed by atoms with van der Waals surface area (Å²) in [5, 5.41) is 3.56. The van der Waals surface area contributed by atoms with Crippen molar-refractivity contribution in [3.05, 3.63) is 53.1 Å². The van der Waals surface area contributed by atoms with E-state index in [2.05, 4.69) is 27.3 Å². The molecule has 0 spiro atoms. The Morgan fingerprint density at radius 2 is 1.92 bits per heavy atom. The predicted octanol–water partition coefficient (Wildman–Crippen LogP) is 4.00.